The number of ketones is 1. The fraction of sp³-hybridized carbons (Fsp3) is 0.267. The average Bonchev–Trinajstić information content (AvgIpc) is 2.43. The molecular weight excluding hydrogens is 244 g/mol. The average molecular weight is 260 g/mol. The van der Waals surface area contributed by atoms with Crippen LogP contribution >= 0.6 is 11.8 Å². The Morgan fingerprint density at radius 2 is 2.00 bits per heavy atom. The van der Waals surface area contributed by atoms with Gasteiger partial charge < -0.3 is 4.74 Å². The van der Waals surface area contributed by atoms with Crippen LogP contribution < -0.4 is 4.74 Å². The molecule has 0 fully saturated rings. The highest BCUT2D eigenvalue weighted by molar-refractivity contribution is 7.98. The highest BCUT2D eigenvalue weighted by atomic mass is 32.2. The van der Waals surface area contributed by atoms with E-state index in [1.54, 1.807) is 18.9 Å². The molecule has 2 aromatic rings. The standard InChI is InChI=1S/C15H16O2S/c1-17-14-8-7-11-5-3-4-6-12(11)15(14)13(16)9-10-18-2/h3-8H,9-10H2,1-2H3. The highest BCUT2D eigenvalue weighted by Crippen LogP contribution is 2.29. The normalized spacial score (nSPS) is 10.6. The van der Waals surface area contributed by atoms with Crippen LogP contribution in [0.2, 0.25) is 0 Å². The highest BCUT2D eigenvalue weighted by Gasteiger charge is 2.15. The molecule has 0 unspecified atom stereocenters. The van der Waals surface area contributed by atoms with Crippen molar-refractivity contribution in [3.05, 3.63) is 42.0 Å². The summed E-state index contributed by atoms with van der Waals surface area (Å²) in [5, 5.41) is 2.05. The Kier molecular flexibility index (Phi) is 4.26. The molecule has 0 atom stereocenters. The number of rotatable bonds is 5. The van der Waals surface area contributed by atoms with Gasteiger partial charge in [-0.3, -0.25) is 4.79 Å². The fourth-order valence-electron chi connectivity index (χ4n) is 2.03. The lowest BCUT2D eigenvalue weighted by Crippen LogP contribution is -2.04. The van der Waals surface area contributed by atoms with Crippen molar-refractivity contribution in [2.75, 3.05) is 19.1 Å². The number of hydrogen-bond acceptors (Lipinski definition) is 3. The van der Waals surface area contributed by atoms with Crippen molar-refractivity contribution in [2.45, 2.75) is 6.42 Å². The monoisotopic (exact) mass is 260 g/mol. The van der Waals surface area contributed by atoms with Gasteiger partial charge in [-0.1, -0.05) is 30.3 Å². The minimum atomic E-state index is 0.151. The van der Waals surface area contributed by atoms with Gasteiger partial charge in [0.2, 0.25) is 0 Å². The molecule has 18 heavy (non-hydrogen) atoms. The van der Waals surface area contributed by atoms with Crippen LogP contribution in [0.1, 0.15) is 16.8 Å². The molecule has 0 radical (unpaired) electrons. The number of carbonyl (C=O) groups excluding carboxylic acids is 1. The first-order valence-corrected chi connectivity index (χ1v) is 7.25. The number of hydrogen-bond donors (Lipinski definition) is 0. The van der Waals surface area contributed by atoms with Gasteiger partial charge in [-0.2, -0.15) is 11.8 Å². The maximum Gasteiger partial charge on any atom is 0.168 e. The third-order valence-corrected chi connectivity index (χ3v) is 3.54. The SMILES string of the molecule is COc1ccc2ccccc2c1C(=O)CCSC. The van der Waals surface area contributed by atoms with Crippen LogP contribution in [0.3, 0.4) is 0 Å². The second-order valence-corrected chi connectivity index (χ2v) is 5.02. The first-order valence-electron chi connectivity index (χ1n) is 5.86. The number of ether oxygens (including phenoxy) is 1. The first kappa shape index (κ1) is 13.0. The van der Waals surface area contributed by atoms with Gasteiger partial charge in [0.05, 0.1) is 12.7 Å². The van der Waals surface area contributed by atoms with Crippen LogP contribution in [0.4, 0.5) is 0 Å². The molecule has 0 spiro atoms. The molecule has 0 aliphatic heterocycles. The molecule has 2 aromatic carbocycles. The summed E-state index contributed by atoms with van der Waals surface area (Å²) < 4.78 is 5.33. The van der Waals surface area contributed by atoms with E-state index < -0.39 is 0 Å². The Morgan fingerprint density at radius 1 is 1.22 bits per heavy atom. The van der Waals surface area contributed by atoms with E-state index in [0.717, 1.165) is 16.5 Å². The van der Waals surface area contributed by atoms with Gasteiger partial charge in [-0.25, -0.2) is 0 Å². The van der Waals surface area contributed by atoms with Crippen LogP contribution in [-0.4, -0.2) is 24.9 Å². The largest absolute Gasteiger partial charge is 0.496 e. The third-order valence-electron chi connectivity index (χ3n) is 2.92. The molecule has 0 heterocycles. The van der Waals surface area contributed by atoms with Crippen LogP contribution in [0.25, 0.3) is 10.8 Å². The molecule has 0 N–H and O–H groups in total. The molecular formula is C15H16O2S. The van der Waals surface area contributed by atoms with E-state index in [1.165, 1.54) is 0 Å². The first-order chi connectivity index (χ1) is 8.77. The zero-order chi connectivity index (χ0) is 13.0. The second-order valence-electron chi connectivity index (χ2n) is 4.03. The van der Waals surface area contributed by atoms with Crippen molar-refractivity contribution in [3.8, 4) is 5.75 Å². The molecule has 0 saturated heterocycles. The Labute approximate surface area is 111 Å². The second kappa shape index (κ2) is 5.91. The Morgan fingerprint density at radius 3 is 2.72 bits per heavy atom. The van der Waals surface area contributed by atoms with Crippen molar-refractivity contribution in [1.82, 2.24) is 0 Å². The molecule has 0 bridgehead atoms. The smallest absolute Gasteiger partial charge is 0.168 e. The Hall–Kier alpha value is -1.48. The van der Waals surface area contributed by atoms with Crippen molar-refractivity contribution in [3.63, 3.8) is 0 Å². The van der Waals surface area contributed by atoms with Gasteiger partial charge in [0.25, 0.3) is 0 Å². The predicted molar refractivity (Wildman–Crippen MR) is 77.8 cm³/mol. The third kappa shape index (κ3) is 2.51. The van der Waals surface area contributed by atoms with Gasteiger partial charge in [0.15, 0.2) is 5.78 Å². The number of methoxy groups -OCH3 is 1. The van der Waals surface area contributed by atoms with E-state index in [-0.39, 0.29) is 5.78 Å². The summed E-state index contributed by atoms with van der Waals surface area (Å²) in [5.74, 6) is 1.66. The molecule has 0 amide bonds. The number of Topliss-reactive ketones (excluding diaryl/α,β-unsaturated/α-hetero) is 1. The van der Waals surface area contributed by atoms with Crippen molar-refractivity contribution >= 4 is 28.3 Å². The van der Waals surface area contributed by atoms with Gasteiger partial charge in [-0.05, 0) is 23.1 Å². The molecule has 0 saturated carbocycles. The van der Waals surface area contributed by atoms with Crippen molar-refractivity contribution in [2.24, 2.45) is 0 Å². The molecule has 94 valence electrons. The summed E-state index contributed by atoms with van der Waals surface area (Å²) in [6, 6.07) is 11.8. The number of thioether (sulfide) groups is 1. The summed E-state index contributed by atoms with van der Waals surface area (Å²) in [4.78, 5) is 12.3. The lowest BCUT2D eigenvalue weighted by atomic mass is 9.99. The zero-order valence-electron chi connectivity index (χ0n) is 10.6. The summed E-state index contributed by atoms with van der Waals surface area (Å²) in [5.41, 5.74) is 0.713. The molecule has 3 heteroatoms. The Balaban J connectivity index is 2.54. The van der Waals surface area contributed by atoms with Crippen LogP contribution in [-0.2, 0) is 0 Å². The van der Waals surface area contributed by atoms with E-state index in [9.17, 15) is 4.79 Å². The van der Waals surface area contributed by atoms with E-state index in [2.05, 4.69) is 0 Å². The fourth-order valence-corrected chi connectivity index (χ4v) is 2.42. The zero-order valence-corrected chi connectivity index (χ0v) is 11.4. The van der Waals surface area contributed by atoms with E-state index in [0.29, 0.717) is 17.7 Å². The van der Waals surface area contributed by atoms with Gasteiger partial charge in [0, 0.05) is 12.2 Å². The van der Waals surface area contributed by atoms with E-state index >= 15 is 0 Å². The number of benzene rings is 2. The summed E-state index contributed by atoms with van der Waals surface area (Å²) in [6.07, 6.45) is 2.55. The van der Waals surface area contributed by atoms with E-state index in [1.807, 2.05) is 42.7 Å². The molecule has 0 aromatic heterocycles. The van der Waals surface area contributed by atoms with Gasteiger partial charge in [-0.15, -0.1) is 0 Å². The van der Waals surface area contributed by atoms with Gasteiger partial charge >= 0.3 is 0 Å². The lowest BCUT2D eigenvalue weighted by molar-refractivity contribution is 0.0988. The maximum atomic E-state index is 12.3. The number of carbonyl (C=O) groups is 1. The minimum Gasteiger partial charge on any atom is -0.496 e. The van der Waals surface area contributed by atoms with Crippen LogP contribution in [0, 0.1) is 0 Å². The van der Waals surface area contributed by atoms with Crippen LogP contribution in [0.5, 0.6) is 5.75 Å². The number of fused-ring (bicyclic) bond motifs is 1. The lowest BCUT2D eigenvalue weighted by Gasteiger charge is -2.10. The predicted octanol–water partition coefficient (Wildman–Crippen LogP) is 3.78. The minimum absolute atomic E-state index is 0.151. The summed E-state index contributed by atoms with van der Waals surface area (Å²) in [6.45, 7) is 0. The maximum absolute atomic E-state index is 12.3. The van der Waals surface area contributed by atoms with Crippen molar-refractivity contribution in [1.29, 1.82) is 0 Å². The molecule has 0 aliphatic carbocycles. The quantitative estimate of drug-likeness (QED) is 0.765. The summed E-state index contributed by atoms with van der Waals surface area (Å²) >= 11 is 1.68. The molecule has 2 rings (SSSR count). The van der Waals surface area contributed by atoms with Gasteiger partial charge in [0.1, 0.15) is 5.75 Å². The summed E-state index contributed by atoms with van der Waals surface area (Å²) in [7, 11) is 1.61. The van der Waals surface area contributed by atoms with E-state index in [4.69, 9.17) is 4.74 Å². The Bertz CT molecular complexity index is 563. The molecule has 2 nitrogen and oxygen atoms in total. The molecule has 0 aliphatic rings. The van der Waals surface area contributed by atoms with Crippen LogP contribution in [0.15, 0.2) is 36.4 Å². The van der Waals surface area contributed by atoms with Crippen molar-refractivity contribution < 1.29 is 9.53 Å². The topological polar surface area (TPSA) is 26.3 Å².